The Balaban J connectivity index is 2.99. The van der Waals surface area contributed by atoms with E-state index in [0.29, 0.717) is 0 Å². The molecule has 0 aliphatic carbocycles. The Morgan fingerprint density at radius 1 is 1.05 bits per heavy atom. The lowest BCUT2D eigenvalue weighted by Crippen LogP contribution is -2.33. The second-order valence-corrected chi connectivity index (χ2v) is 3.77. The SMILES string of the molecule is COC(=O)CN(C)C(=O)c1ccccc1C(=O)OC. The molecule has 0 heterocycles. The fourth-order valence-electron chi connectivity index (χ4n) is 1.49. The van der Waals surface area contributed by atoms with Gasteiger partial charge < -0.3 is 14.4 Å². The van der Waals surface area contributed by atoms with Gasteiger partial charge in [0.05, 0.1) is 25.3 Å². The fourth-order valence-corrected chi connectivity index (χ4v) is 1.49. The van der Waals surface area contributed by atoms with Gasteiger partial charge >= 0.3 is 11.9 Å². The topological polar surface area (TPSA) is 72.9 Å². The zero-order valence-electron chi connectivity index (χ0n) is 11.0. The van der Waals surface area contributed by atoms with E-state index in [9.17, 15) is 14.4 Å². The summed E-state index contributed by atoms with van der Waals surface area (Å²) in [6.07, 6.45) is 0. The van der Waals surface area contributed by atoms with Crippen molar-refractivity contribution in [1.82, 2.24) is 4.90 Å². The number of nitrogens with zero attached hydrogens (tertiary/aromatic N) is 1. The summed E-state index contributed by atoms with van der Waals surface area (Å²) < 4.78 is 9.09. The van der Waals surface area contributed by atoms with Crippen LogP contribution in [0.2, 0.25) is 0 Å². The van der Waals surface area contributed by atoms with Crippen molar-refractivity contribution in [2.45, 2.75) is 0 Å². The van der Waals surface area contributed by atoms with E-state index in [2.05, 4.69) is 9.47 Å². The number of carbonyl (C=O) groups excluding carboxylic acids is 3. The maximum absolute atomic E-state index is 12.1. The van der Waals surface area contributed by atoms with Crippen LogP contribution in [0.15, 0.2) is 24.3 Å². The summed E-state index contributed by atoms with van der Waals surface area (Å²) in [5, 5.41) is 0. The third-order valence-electron chi connectivity index (χ3n) is 2.50. The molecule has 6 nitrogen and oxygen atoms in total. The summed E-state index contributed by atoms with van der Waals surface area (Å²) in [6, 6.07) is 6.25. The molecule has 0 atom stereocenters. The molecule has 102 valence electrons. The van der Waals surface area contributed by atoms with Crippen LogP contribution in [0.4, 0.5) is 0 Å². The monoisotopic (exact) mass is 265 g/mol. The zero-order chi connectivity index (χ0) is 14.4. The number of esters is 2. The predicted octanol–water partition coefficient (Wildman–Crippen LogP) is 0.718. The van der Waals surface area contributed by atoms with Gasteiger partial charge in [-0.1, -0.05) is 12.1 Å². The first-order valence-electron chi connectivity index (χ1n) is 5.51. The van der Waals surface area contributed by atoms with Gasteiger partial charge in [0.15, 0.2) is 0 Å². The van der Waals surface area contributed by atoms with Gasteiger partial charge in [-0.2, -0.15) is 0 Å². The Bertz CT molecular complexity index is 498. The number of rotatable bonds is 4. The second-order valence-electron chi connectivity index (χ2n) is 3.77. The first-order chi connectivity index (χ1) is 9.01. The molecule has 0 aromatic heterocycles. The van der Waals surface area contributed by atoms with E-state index in [1.54, 1.807) is 12.1 Å². The molecule has 19 heavy (non-hydrogen) atoms. The van der Waals surface area contributed by atoms with Crippen molar-refractivity contribution in [1.29, 1.82) is 0 Å². The van der Waals surface area contributed by atoms with Crippen LogP contribution in [0, 0.1) is 0 Å². The van der Waals surface area contributed by atoms with Gasteiger partial charge in [0.1, 0.15) is 6.54 Å². The Morgan fingerprint density at radius 2 is 1.63 bits per heavy atom. The molecule has 0 fully saturated rings. The van der Waals surface area contributed by atoms with E-state index in [1.807, 2.05) is 0 Å². The number of likely N-dealkylation sites (N-methyl/N-ethyl adjacent to an activating group) is 1. The van der Waals surface area contributed by atoms with Crippen molar-refractivity contribution >= 4 is 17.8 Å². The highest BCUT2D eigenvalue weighted by Gasteiger charge is 2.21. The molecule has 0 aliphatic heterocycles. The molecule has 6 heteroatoms. The first kappa shape index (κ1) is 14.7. The van der Waals surface area contributed by atoms with Crippen LogP contribution < -0.4 is 0 Å². The minimum atomic E-state index is -0.601. The highest BCUT2D eigenvalue weighted by atomic mass is 16.5. The summed E-state index contributed by atoms with van der Waals surface area (Å²) >= 11 is 0. The minimum absolute atomic E-state index is 0.159. The third-order valence-corrected chi connectivity index (χ3v) is 2.50. The maximum Gasteiger partial charge on any atom is 0.338 e. The summed E-state index contributed by atoms with van der Waals surface area (Å²) in [5.41, 5.74) is 0.340. The molecule has 0 saturated heterocycles. The van der Waals surface area contributed by atoms with E-state index >= 15 is 0 Å². The van der Waals surface area contributed by atoms with Crippen LogP contribution in [-0.2, 0) is 14.3 Å². The molecule has 0 unspecified atom stereocenters. The molecular weight excluding hydrogens is 250 g/mol. The van der Waals surface area contributed by atoms with Gasteiger partial charge in [0.25, 0.3) is 5.91 Å². The molecule has 1 amide bonds. The van der Waals surface area contributed by atoms with Crippen molar-refractivity contribution in [3.8, 4) is 0 Å². The molecule has 1 aromatic rings. The van der Waals surface area contributed by atoms with Gasteiger partial charge in [-0.15, -0.1) is 0 Å². The van der Waals surface area contributed by atoms with E-state index in [0.717, 1.165) is 0 Å². The lowest BCUT2D eigenvalue weighted by molar-refractivity contribution is -0.141. The van der Waals surface area contributed by atoms with Crippen LogP contribution in [0.25, 0.3) is 0 Å². The van der Waals surface area contributed by atoms with Crippen LogP contribution in [0.3, 0.4) is 0 Å². The van der Waals surface area contributed by atoms with Crippen molar-refractivity contribution in [2.24, 2.45) is 0 Å². The second kappa shape index (κ2) is 6.53. The number of amides is 1. The van der Waals surface area contributed by atoms with Crippen molar-refractivity contribution in [2.75, 3.05) is 27.8 Å². The molecule has 0 bridgehead atoms. The van der Waals surface area contributed by atoms with Gasteiger partial charge in [-0.25, -0.2) is 4.79 Å². The Hall–Kier alpha value is -2.37. The lowest BCUT2D eigenvalue weighted by atomic mass is 10.1. The third kappa shape index (κ3) is 3.54. The van der Waals surface area contributed by atoms with Crippen molar-refractivity contribution < 1.29 is 23.9 Å². The summed E-state index contributed by atoms with van der Waals surface area (Å²) in [4.78, 5) is 36.0. The molecule has 0 aliphatic rings. The lowest BCUT2D eigenvalue weighted by Gasteiger charge is -2.17. The predicted molar refractivity (Wildman–Crippen MR) is 66.8 cm³/mol. The van der Waals surface area contributed by atoms with Crippen LogP contribution >= 0.6 is 0 Å². The largest absolute Gasteiger partial charge is 0.468 e. The Kier molecular flexibility index (Phi) is 5.05. The molecule has 0 N–H and O–H groups in total. The number of hydrogen-bond acceptors (Lipinski definition) is 5. The average molecular weight is 265 g/mol. The smallest absolute Gasteiger partial charge is 0.338 e. The summed E-state index contributed by atoms with van der Waals surface area (Å²) in [6.45, 7) is -0.190. The van der Waals surface area contributed by atoms with E-state index < -0.39 is 17.8 Å². The first-order valence-corrected chi connectivity index (χ1v) is 5.51. The van der Waals surface area contributed by atoms with Crippen molar-refractivity contribution in [3.05, 3.63) is 35.4 Å². The quantitative estimate of drug-likeness (QED) is 0.750. The van der Waals surface area contributed by atoms with Crippen LogP contribution in [-0.4, -0.2) is 50.6 Å². The van der Waals surface area contributed by atoms with Gasteiger partial charge in [-0.05, 0) is 12.1 Å². The Labute approximate surface area is 110 Å². The van der Waals surface area contributed by atoms with Crippen LogP contribution in [0.1, 0.15) is 20.7 Å². The van der Waals surface area contributed by atoms with E-state index in [4.69, 9.17) is 0 Å². The maximum atomic E-state index is 12.1. The number of methoxy groups -OCH3 is 2. The molecule has 0 radical (unpaired) electrons. The zero-order valence-corrected chi connectivity index (χ0v) is 11.0. The molecular formula is C13H15NO5. The van der Waals surface area contributed by atoms with E-state index in [-0.39, 0.29) is 17.7 Å². The van der Waals surface area contributed by atoms with Gasteiger partial charge in [0.2, 0.25) is 0 Å². The van der Waals surface area contributed by atoms with Crippen molar-refractivity contribution in [3.63, 3.8) is 0 Å². The molecule has 0 spiro atoms. The molecule has 1 rings (SSSR count). The number of ether oxygens (including phenoxy) is 2. The number of hydrogen-bond donors (Lipinski definition) is 0. The summed E-state index contributed by atoms with van der Waals surface area (Å²) in [7, 11) is 3.93. The normalized spacial score (nSPS) is 9.63. The molecule has 1 aromatic carbocycles. The fraction of sp³-hybridized carbons (Fsp3) is 0.308. The van der Waals surface area contributed by atoms with Crippen LogP contribution in [0.5, 0.6) is 0 Å². The van der Waals surface area contributed by atoms with Gasteiger partial charge in [0, 0.05) is 7.05 Å². The number of benzene rings is 1. The standard InChI is InChI=1S/C13H15NO5/c1-14(8-11(15)18-2)12(16)9-6-4-5-7-10(9)13(17)19-3/h4-7H,8H2,1-3H3. The highest BCUT2D eigenvalue weighted by Crippen LogP contribution is 2.12. The van der Waals surface area contributed by atoms with E-state index in [1.165, 1.54) is 38.3 Å². The number of carbonyl (C=O) groups is 3. The highest BCUT2D eigenvalue weighted by molar-refractivity contribution is 6.05. The molecule has 0 saturated carbocycles. The minimum Gasteiger partial charge on any atom is -0.468 e. The average Bonchev–Trinajstić information content (AvgIpc) is 2.45. The van der Waals surface area contributed by atoms with Gasteiger partial charge in [-0.3, -0.25) is 9.59 Å². The summed E-state index contributed by atoms with van der Waals surface area (Å²) in [5.74, 6) is -1.59. The Morgan fingerprint density at radius 3 is 2.16 bits per heavy atom.